The van der Waals surface area contributed by atoms with Crippen molar-refractivity contribution < 1.29 is 4.79 Å². The van der Waals surface area contributed by atoms with Gasteiger partial charge < -0.3 is 10.6 Å². The number of anilines is 1. The number of carbonyl (C=O) groups excluding carboxylic acids is 1. The van der Waals surface area contributed by atoms with Gasteiger partial charge in [0.05, 0.1) is 12.4 Å². The number of nitrogens with one attached hydrogen (secondary N) is 2. The molecule has 1 aromatic rings. The smallest absolute Gasteiger partial charge is 0.271 e. The molecule has 0 aromatic carbocycles. The van der Waals surface area contributed by atoms with Gasteiger partial charge in [0, 0.05) is 12.6 Å². The van der Waals surface area contributed by atoms with E-state index in [9.17, 15) is 4.79 Å². The molecule has 1 aliphatic rings. The van der Waals surface area contributed by atoms with Crippen molar-refractivity contribution in [2.75, 3.05) is 11.9 Å². The molecule has 0 spiro atoms. The van der Waals surface area contributed by atoms with E-state index in [-0.39, 0.29) is 5.91 Å². The molecular weight excluding hydrogens is 264 g/mol. The van der Waals surface area contributed by atoms with Crippen molar-refractivity contribution in [1.82, 2.24) is 15.3 Å². The van der Waals surface area contributed by atoms with Crippen LogP contribution in [0.2, 0.25) is 0 Å². The number of hydrogen-bond acceptors (Lipinski definition) is 4. The van der Waals surface area contributed by atoms with Crippen LogP contribution in [0.5, 0.6) is 0 Å². The average Bonchev–Trinajstić information content (AvgIpc) is 2.74. The van der Waals surface area contributed by atoms with E-state index in [2.05, 4.69) is 34.4 Å². The maximum atomic E-state index is 11.9. The van der Waals surface area contributed by atoms with Crippen molar-refractivity contribution in [3.63, 3.8) is 0 Å². The summed E-state index contributed by atoms with van der Waals surface area (Å²) in [7, 11) is 0. The lowest BCUT2D eigenvalue weighted by molar-refractivity contribution is 0.0943. The highest BCUT2D eigenvalue weighted by atomic mass is 16.1. The highest BCUT2D eigenvalue weighted by molar-refractivity contribution is 5.91. The predicted octanol–water partition coefficient (Wildman–Crippen LogP) is 3.00. The molecule has 1 amide bonds. The van der Waals surface area contributed by atoms with Crippen LogP contribution in [-0.2, 0) is 0 Å². The second-order valence-corrected chi connectivity index (χ2v) is 6.22. The zero-order valence-corrected chi connectivity index (χ0v) is 13.1. The quantitative estimate of drug-likeness (QED) is 0.818. The minimum Gasteiger partial charge on any atom is -0.366 e. The summed E-state index contributed by atoms with van der Waals surface area (Å²) in [6.45, 7) is 4.78. The van der Waals surface area contributed by atoms with Crippen LogP contribution in [0.1, 0.15) is 62.9 Å². The fraction of sp³-hybridized carbons (Fsp3) is 0.688. The monoisotopic (exact) mass is 290 g/mol. The molecule has 0 saturated heterocycles. The molecule has 1 fully saturated rings. The third kappa shape index (κ3) is 5.33. The summed E-state index contributed by atoms with van der Waals surface area (Å²) in [5.41, 5.74) is 0.377. The van der Waals surface area contributed by atoms with Gasteiger partial charge in [0.25, 0.3) is 5.91 Å². The molecule has 5 heteroatoms. The van der Waals surface area contributed by atoms with Gasteiger partial charge in [-0.3, -0.25) is 4.79 Å². The molecule has 2 N–H and O–H groups in total. The van der Waals surface area contributed by atoms with Crippen molar-refractivity contribution >= 4 is 11.7 Å². The molecule has 1 heterocycles. The Bertz CT molecular complexity index is 436. The van der Waals surface area contributed by atoms with Gasteiger partial charge in [0.15, 0.2) is 0 Å². The summed E-state index contributed by atoms with van der Waals surface area (Å²) in [5.74, 6) is 1.04. The van der Waals surface area contributed by atoms with Gasteiger partial charge >= 0.3 is 0 Å². The second-order valence-electron chi connectivity index (χ2n) is 6.22. The first-order valence-electron chi connectivity index (χ1n) is 8.02. The fourth-order valence-corrected chi connectivity index (χ4v) is 2.54. The van der Waals surface area contributed by atoms with Crippen molar-refractivity contribution in [3.05, 3.63) is 18.1 Å². The van der Waals surface area contributed by atoms with Crippen LogP contribution >= 0.6 is 0 Å². The van der Waals surface area contributed by atoms with E-state index in [1.165, 1.54) is 38.5 Å². The number of nitrogens with zero attached hydrogens (tertiary/aromatic N) is 2. The normalized spacial score (nSPS) is 16.5. The molecule has 0 unspecified atom stereocenters. The first-order chi connectivity index (χ1) is 10.1. The molecule has 0 atom stereocenters. The molecule has 0 radical (unpaired) electrons. The van der Waals surface area contributed by atoms with Crippen molar-refractivity contribution in [2.24, 2.45) is 5.92 Å². The van der Waals surface area contributed by atoms with Crippen LogP contribution in [0.25, 0.3) is 0 Å². The van der Waals surface area contributed by atoms with Crippen LogP contribution in [-0.4, -0.2) is 28.5 Å². The summed E-state index contributed by atoms with van der Waals surface area (Å²) < 4.78 is 0. The fourth-order valence-electron chi connectivity index (χ4n) is 2.54. The highest BCUT2D eigenvalue weighted by Gasteiger charge is 2.13. The van der Waals surface area contributed by atoms with Gasteiger partial charge in [0.2, 0.25) is 0 Å². The SMILES string of the molecule is CC(C)CNC(=O)c1cnc(NC2CCCCCC2)cn1. The van der Waals surface area contributed by atoms with Crippen LogP contribution < -0.4 is 10.6 Å². The lowest BCUT2D eigenvalue weighted by Crippen LogP contribution is -2.28. The molecule has 1 saturated carbocycles. The van der Waals surface area contributed by atoms with Crippen LogP contribution in [0.4, 0.5) is 5.82 Å². The highest BCUT2D eigenvalue weighted by Crippen LogP contribution is 2.19. The summed E-state index contributed by atoms with van der Waals surface area (Å²) in [4.78, 5) is 20.4. The first kappa shape index (κ1) is 15.7. The van der Waals surface area contributed by atoms with Crippen LogP contribution in [0, 0.1) is 5.92 Å². The van der Waals surface area contributed by atoms with Crippen molar-refractivity contribution in [2.45, 2.75) is 58.4 Å². The van der Waals surface area contributed by atoms with E-state index >= 15 is 0 Å². The van der Waals surface area contributed by atoms with Gasteiger partial charge in [-0.1, -0.05) is 39.5 Å². The summed E-state index contributed by atoms with van der Waals surface area (Å²) >= 11 is 0. The third-order valence-electron chi connectivity index (χ3n) is 3.76. The zero-order chi connectivity index (χ0) is 15.1. The number of amides is 1. The Kier molecular flexibility index (Phi) is 5.96. The standard InChI is InChI=1S/C16H26N4O/c1-12(2)9-19-16(21)14-10-18-15(11-17-14)20-13-7-5-3-4-6-8-13/h10-13H,3-9H2,1-2H3,(H,18,20)(H,19,21). The average molecular weight is 290 g/mol. The number of hydrogen-bond donors (Lipinski definition) is 2. The Morgan fingerprint density at radius 2 is 1.90 bits per heavy atom. The third-order valence-corrected chi connectivity index (χ3v) is 3.76. The van der Waals surface area contributed by atoms with E-state index in [4.69, 9.17) is 0 Å². The molecule has 1 aliphatic carbocycles. The lowest BCUT2D eigenvalue weighted by Gasteiger charge is -2.16. The summed E-state index contributed by atoms with van der Waals surface area (Å²) in [6.07, 6.45) is 10.8. The lowest BCUT2D eigenvalue weighted by atomic mass is 10.1. The van der Waals surface area contributed by atoms with Gasteiger partial charge in [-0.2, -0.15) is 0 Å². The minimum atomic E-state index is -0.155. The van der Waals surface area contributed by atoms with Crippen molar-refractivity contribution in [3.8, 4) is 0 Å². The molecule has 116 valence electrons. The van der Waals surface area contributed by atoms with Crippen molar-refractivity contribution in [1.29, 1.82) is 0 Å². The molecule has 0 bridgehead atoms. The van der Waals surface area contributed by atoms with E-state index in [0.717, 1.165) is 5.82 Å². The number of carbonyl (C=O) groups is 1. The first-order valence-corrected chi connectivity index (χ1v) is 8.02. The topological polar surface area (TPSA) is 66.9 Å². The van der Waals surface area contributed by atoms with Crippen LogP contribution in [0.3, 0.4) is 0 Å². The number of rotatable bonds is 5. The Balaban J connectivity index is 1.87. The summed E-state index contributed by atoms with van der Waals surface area (Å²) in [5, 5.41) is 6.28. The molecule has 2 rings (SSSR count). The van der Waals surface area contributed by atoms with E-state index in [0.29, 0.717) is 24.2 Å². The zero-order valence-electron chi connectivity index (χ0n) is 13.1. The van der Waals surface area contributed by atoms with Gasteiger partial charge in [-0.05, 0) is 18.8 Å². The molecular formula is C16H26N4O. The van der Waals surface area contributed by atoms with Gasteiger partial charge in [-0.15, -0.1) is 0 Å². The largest absolute Gasteiger partial charge is 0.366 e. The van der Waals surface area contributed by atoms with E-state index in [1.54, 1.807) is 12.4 Å². The maximum Gasteiger partial charge on any atom is 0.271 e. The van der Waals surface area contributed by atoms with E-state index in [1.807, 2.05) is 0 Å². The predicted molar refractivity (Wildman–Crippen MR) is 84.3 cm³/mol. The Morgan fingerprint density at radius 1 is 1.19 bits per heavy atom. The second kappa shape index (κ2) is 7.96. The molecule has 5 nitrogen and oxygen atoms in total. The van der Waals surface area contributed by atoms with Gasteiger partial charge in [-0.25, -0.2) is 9.97 Å². The van der Waals surface area contributed by atoms with Crippen LogP contribution in [0.15, 0.2) is 12.4 Å². The maximum absolute atomic E-state index is 11.9. The molecule has 0 aliphatic heterocycles. The molecule has 1 aromatic heterocycles. The summed E-state index contributed by atoms with van der Waals surface area (Å²) in [6, 6.07) is 0.488. The Labute approximate surface area is 127 Å². The molecule has 21 heavy (non-hydrogen) atoms. The number of aromatic nitrogens is 2. The van der Waals surface area contributed by atoms with Gasteiger partial charge in [0.1, 0.15) is 11.5 Å². The Morgan fingerprint density at radius 3 is 2.48 bits per heavy atom. The Hall–Kier alpha value is -1.65. The van der Waals surface area contributed by atoms with E-state index < -0.39 is 0 Å². The minimum absolute atomic E-state index is 0.155.